The lowest BCUT2D eigenvalue weighted by atomic mass is 10.1. The third-order valence-electron chi connectivity index (χ3n) is 5.67. The van der Waals surface area contributed by atoms with E-state index >= 15 is 0 Å². The van der Waals surface area contributed by atoms with E-state index in [4.69, 9.17) is 9.47 Å². The second-order valence-corrected chi connectivity index (χ2v) is 9.58. The van der Waals surface area contributed by atoms with E-state index in [1.54, 1.807) is 17.0 Å². The number of nitrogens with zero attached hydrogens (tertiary/aromatic N) is 3. The van der Waals surface area contributed by atoms with Crippen molar-refractivity contribution in [3.05, 3.63) is 72.6 Å². The summed E-state index contributed by atoms with van der Waals surface area (Å²) in [6, 6.07) is 15.9. The lowest BCUT2D eigenvalue weighted by Gasteiger charge is -2.34. The number of carbonyl (C=O) groups excluding carboxylic acids is 1. The first-order valence-corrected chi connectivity index (χ1v) is 11.9. The number of hydrogen-bond acceptors (Lipinski definition) is 5. The summed E-state index contributed by atoms with van der Waals surface area (Å²) in [6.07, 6.45) is 3.84. The van der Waals surface area contributed by atoms with Crippen LogP contribution in [0, 0.1) is 0 Å². The normalized spacial score (nSPS) is 16.7. The minimum Gasteiger partial charge on any atom is -0.486 e. The fourth-order valence-electron chi connectivity index (χ4n) is 3.95. The number of piperazine rings is 1. The highest BCUT2D eigenvalue weighted by Gasteiger charge is 2.31. The molecular formula is C23H23N3O5S. The van der Waals surface area contributed by atoms with Crippen molar-refractivity contribution in [2.75, 3.05) is 39.4 Å². The Morgan fingerprint density at radius 2 is 1.53 bits per heavy atom. The Hall–Kier alpha value is -3.30. The standard InChI is InChI=1S/C23H23N3O5S/c27-23(18-4-3-5-19(16-18)24-8-1-2-9-24)25-10-12-26(13-11-25)32(28,29)20-6-7-21-22(17-20)31-15-14-30-21/h1-9,16-17H,10-15H2. The molecule has 0 atom stereocenters. The minimum atomic E-state index is -3.69. The summed E-state index contributed by atoms with van der Waals surface area (Å²) < 4.78 is 40.6. The Kier molecular flexibility index (Phi) is 5.36. The van der Waals surface area contributed by atoms with Crippen molar-refractivity contribution in [2.45, 2.75) is 4.90 Å². The second kappa shape index (κ2) is 8.33. The van der Waals surface area contributed by atoms with Gasteiger partial charge in [-0.2, -0.15) is 4.31 Å². The average molecular weight is 454 g/mol. The quantitative estimate of drug-likeness (QED) is 0.606. The van der Waals surface area contributed by atoms with Gasteiger partial charge >= 0.3 is 0 Å². The summed E-state index contributed by atoms with van der Waals surface area (Å²) >= 11 is 0. The minimum absolute atomic E-state index is 0.101. The molecule has 5 rings (SSSR count). The van der Waals surface area contributed by atoms with Crippen LogP contribution in [0.4, 0.5) is 0 Å². The van der Waals surface area contributed by atoms with Crippen molar-refractivity contribution in [3.63, 3.8) is 0 Å². The first-order chi connectivity index (χ1) is 15.5. The van der Waals surface area contributed by atoms with Crippen LogP contribution in [0.25, 0.3) is 5.69 Å². The van der Waals surface area contributed by atoms with Crippen LogP contribution in [-0.4, -0.2) is 67.5 Å². The molecule has 2 aromatic carbocycles. The van der Waals surface area contributed by atoms with Crippen molar-refractivity contribution in [3.8, 4) is 17.2 Å². The number of ether oxygens (including phenoxy) is 2. The summed E-state index contributed by atoms with van der Waals surface area (Å²) in [5, 5.41) is 0. The zero-order valence-corrected chi connectivity index (χ0v) is 18.2. The van der Waals surface area contributed by atoms with E-state index in [1.165, 1.54) is 16.4 Å². The fraction of sp³-hybridized carbons (Fsp3) is 0.261. The van der Waals surface area contributed by atoms with Gasteiger partial charge in [-0.25, -0.2) is 8.42 Å². The molecule has 0 aliphatic carbocycles. The third kappa shape index (κ3) is 3.85. The topological polar surface area (TPSA) is 81.1 Å². The van der Waals surface area contributed by atoms with Crippen LogP contribution in [-0.2, 0) is 10.0 Å². The summed E-state index contributed by atoms with van der Waals surface area (Å²) in [5.74, 6) is 0.886. The molecular weight excluding hydrogens is 430 g/mol. The smallest absolute Gasteiger partial charge is 0.254 e. The van der Waals surface area contributed by atoms with Crippen molar-refractivity contribution in [1.82, 2.24) is 13.8 Å². The predicted molar refractivity (Wildman–Crippen MR) is 118 cm³/mol. The van der Waals surface area contributed by atoms with Gasteiger partial charge in [0, 0.05) is 55.9 Å². The lowest BCUT2D eigenvalue weighted by molar-refractivity contribution is 0.0698. The van der Waals surface area contributed by atoms with E-state index in [2.05, 4.69) is 0 Å². The van der Waals surface area contributed by atoms with E-state index in [9.17, 15) is 13.2 Å². The van der Waals surface area contributed by atoms with Crippen LogP contribution in [0.2, 0.25) is 0 Å². The van der Waals surface area contributed by atoms with Crippen LogP contribution in [0.5, 0.6) is 11.5 Å². The third-order valence-corrected chi connectivity index (χ3v) is 7.57. The first kappa shape index (κ1) is 20.6. The van der Waals surface area contributed by atoms with Crippen molar-refractivity contribution in [2.24, 2.45) is 0 Å². The van der Waals surface area contributed by atoms with E-state index in [-0.39, 0.29) is 23.9 Å². The molecule has 0 unspecified atom stereocenters. The number of sulfonamides is 1. The molecule has 3 aromatic rings. The van der Waals surface area contributed by atoms with Crippen LogP contribution in [0.3, 0.4) is 0 Å². The van der Waals surface area contributed by atoms with Gasteiger partial charge in [-0.1, -0.05) is 6.07 Å². The molecule has 0 N–H and O–H groups in total. The molecule has 2 aliphatic heterocycles. The number of carbonyl (C=O) groups is 1. The number of fused-ring (bicyclic) bond motifs is 1. The Balaban J connectivity index is 1.28. The van der Waals surface area contributed by atoms with Crippen molar-refractivity contribution in [1.29, 1.82) is 0 Å². The first-order valence-electron chi connectivity index (χ1n) is 10.4. The van der Waals surface area contributed by atoms with Crippen LogP contribution in [0.1, 0.15) is 10.4 Å². The molecule has 32 heavy (non-hydrogen) atoms. The molecule has 1 fully saturated rings. The molecule has 2 aliphatic rings. The van der Waals surface area contributed by atoms with Gasteiger partial charge in [-0.05, 0) is 42.5 Å². The monoisotopic (exact) mass is 453 g/mol. The van der Waals surface area contributed by atoms with Crippen LogP contribution >= 0.6 is 0 Å². The Bertz CT molecular complexity index is 1230. The summed E-state index contributed by atoms with van der Waals surface area (Å²) in [4.78, 5) is 14.9. The molecule has 0 spiro atoms. The molecule has 0 radical (unpaired) electrons. The van der Waals surface area contributed by atoms with Gasteiger partial charge in [0.25, 0.3) is 5.91 Å². The van der Waals surface area contributed by atoms with E-state index in [0.29, 0.717) is 43.4 Å². The average Bonchev–Trinajstić information content (AvgIpc) is 3.39. The van der Waals surface area contributed by atoms with Gasteiger partial charge < -0.3 is 18.9 Å². The van der Waals surface area contributed by atoms with Gasteiger partial charge in [0.05, 0.1) is 4.90 Å². The van der Waals surface area contributed by atoms with Crippen LogP contribution in [0.15, 0.2) is 71.9 Å². The maximum Gasteiger partial charge on any atom is 0.254 e. The Labute approximate surface area is 186 Å². The van der Waals surface area contributed by atoms with Gasteiger partial charge in [-0.3, -0.25) is 4.79 Å². The van der Waals surface area contributed by atoms with Crippen LogP contribution < -0.4 is 9.47 Å². The maximum atomic E-state index is 13.1. The summed E-state index contributed by atoms with van der Waals surface area (Å²) in [6.45, 7) is 1.97. The molecule has 8 nitrogen and oxygen atoms in total. The summed E-state index contributed by atoms with van der Waals surface area (Å²) in [7, 11) is -3.69. The van der Waals surface area contributed by atoms with E-state index < -0.39 is 10.0 Å². The fourth-order valence-corrected chi connectivity index (χ4v) is 5.39. The van der Waals surface area contributed by atoms with Gasteiger partial charge in [0.2, 0.25) is 10.0 Å². The lowest BCUT2D eigenvalue weighted by Crippen LogP contribution is -2.50. The summed E-state index contributed by atoms with van der Waals surface area (Å²) in [5.41, 5.74) is 1.49. The van der Waals surface area contributed by atoms with Crippen molar-refractivity contribution < 1.29 is 22.7 Å². The van der Waals surface area contributed by atoms with Gasteiger partial charge in [-0.15, -0.1) is 0 Å². The zero-order chi connectivity index (χ0) is 22.1. The highest BCUT2D eigenvalue weighted by atomic mass is 32.2. The van der Waals surface area contributed by atoms with Gasteiger partial charge in [0.1, 0.15) is 13.2 Å². The molecule has 0 bridgehead atoms. The number of hydrogen-bond donors (Lipinski definition) is 0. The zero-order valence-electron chi connectivity index (χ0n) is 17.4. The number of rotatable bonds is 4. The Morgan fingerprint density at radius 3 is 2.28 bits per heavy atom. The largest absolute Gasteiger partial charge is 0.486 e. The number of benzene rings is 2. The molecule has 1 saturated heterocycles. The SMILES string of the molecule is O=C(c1cccc(-n2cccc2)c1)N1CCN(S(=O)(=O)c2ccc3c(c2)OCCO3)CC1. The van der Waals surface area contributed by atoms with Gasteiger partial charge in [0.15, 0.2) is 11.5 Å². The number of aromatic nitrogens is 1. The van der Waals surface area contributed by atoms with Crippen molar-refractivity contribution >= 4 is 15.9 Å². The van der Waals surface area contributed by atoms with E-state index in [1.807, 2.05) is 47.3 Å². The second-order valence-electron chi connectivity index (χ2n) is 7.64. The molecule has 0 saturated carbocycles. The van der Waals surface area contributed by atoms with E-state index in [0.717, 1.165) is 5.69 Å². The highest BCUT2D eigenvalue weighted by Crippen LogP contribution is 2.33. The predicted octanol–water partition coefficient (Wildman–Crippen LogP) is 2.40. The molecule has 1 amide bonds. The maximum absolute atomic E-state index is 13.1. The molecule has 9 heteroatoms. The number of amides is 1. The molecule has 166 valence electrons. The molecule has 3 heterocycles. The molecule has 1 aromatic heterocycles. The Morgan fingerprint density at radius 1 is 0.812 bits per heavy atom. The highest BCUT2D eigenvalue weighted by molar-refractivity contribution is 7.89.